The molecule has 3 heterocycles. The Hall–Kier alpha value is -1.20. The lowest BCUT2D eigenvalue weighted by Gasteiger charge is -2.12. The van der Waals surface area contributed by atoms with Crippen molar-refractivity contribution in [1.82, 2.24) is 19.9 Å². The molecular formula is C13H18N4S. The topological polar surface area (TPSA) is 42.7 Å². The second-order valence-electron chi connectivity index (χ2n) is 4.83. The molecule has 4 nitrogen and oxygen atoms in total. The standard InChI is InChI=1S/C13H18N4S/c1-10-8-18-13(16-10)3-5-17-9-15-7-12(17)11-2-4-14-6-11/h7-9,11,14H,2-6H2,1H3. The number of aryl methyl sites for hydroxylation is 3. The zero-order valence-corrected chi connectivity index (χ0v) is 11.4. The minimum absolute atomic E-state index is 0.630. The Labute approximate surface area is 111 Å². The van der Waals surface area contributed by atoms with E-state index in [0.717, 1.165) is 31.7 Å². The van der Waals surface area contributed by atoms with E-state index >= 15 is 0 Å². The predicted molar refractivity (Wildman–Crippen MR) is 73.0 cm³/mol. The Bertz CT molecular complexity index is 511. The number of nitrogens with one attached hydrogen (secondary N) is 1. The van der Waals surface area contributed by atoms with Gasteiger partial charge in [0, 0.05) is 48.4 Å². The summed E-state index contributed by atoms with van der Waals surface area (Å²) in [5.74, 6) is 0.630. The molecule has 3 rings (SSSR count). The summed E-state index contributed by atoms with van der Waals surface area (Å²) in [5, 5.41) is 6.75. The summed E-state index contributed by atoms with van der Waals surface area (Å²) in [5.41, 5.74) is 2.49. The molecule has 1 fully saturated rings. The summed E-state index contributed by atoms with van der Waals surface area (Å²) in [6.07, 6.45) is 6.20. The van der Waals surface area contributed by atoms with Crippen molar-refractivity contribution < 1.29 is 0 Å². The van der Waals surface area contributed by atoms with E-state index in [2.05, 4.69) is 25.2 Å². The van der Waals surface area contributed by atoms with Gasteiger partial charge in [-0.2, -0.15) is 0 Å². The zero-order valence-electron chi connectivity index (χ0n) is 10.6. The molecule has 1 atom stereocenters. The molecule has 1 aliphatic rings. The molecule has 0 amide bonds. The normalized spacial score (nSPS) is 19.5. The molecule has 1 aliphatic heterocycles. The molecular weight excluding hydrogens is 244 g/mol. The number of imidazole rings is 1. The maximum absolute atomic E-state index is 4.51. The molecule has 2 aromatic rings. The first-order chi connectivity index (χ1) is 8.83. The molecule has 1 N–H and O–H groups in total. The predicted octanol–water partition coefficient (Wildman–Crippen LogP) is 1.97. The summed E-state index contributed by atoms with van der Waals surface area (Å²) in [6, 6.07) is 0. The molecule has 0 radical (unpaired) electrons. The number of hydrogen-bond acceptors (Lipinski definition) is 4. The van der Waals surface area contributed by atoms with Gasteiger partial charge >= 0.3 is 0 Å². The fourth-order valence-electron chi connectivity index (χ4n) is 2.50. The lowest BCUT2D eigenvalue weighted by atomic mass is 10.1. The Balaban J connectivity index is 1.67. The van der Waals surface area contributed by atoms with E-state index < -0.39 is 0 Å². The average molecular weight is 262 g/mol. The highest BCUT2D eigenvalue weighted by molar-refractivity contribution is 7.09. The maximum atomic E-state index is 4.51. The highest BCUT2D eigenvalue weighted by Gasteiger charge is 2.19. The quantitative estimate of drug-likeness (QED) is 0.916. The van der Waals surface area contributed by atoms with Gasteiger partial charge in [-0.05, 0) is 19.9 Å². The van der Waals surface area contributed by atoms with Gasteiger partial charge in [-0.3, -0.25) is 0 Å². The van der Waals surface area contributed by atoms with Crippen LogP contribution in [-0.2, 0) is 13.0 Å². The van der Waals surface area contributed by atoms with Gasteiger partial charge < -0.3 is 9.88 Å². The summed E-state index contributed by atoms with van der Waals surface area (Å²) in [4.78, 5) is 8.81. The lowest BCUT2D eigenvalue weighted by Crippen LogP contribution is -2.12. The number of hydrogen-bond donors (Lipinski definition) is 1. The molecule has 0 spiro atoms. The Morgan fingerprint density at radius 1 is 1.56 bits per heavy atom. The summed E-state index contributed by atoms with van der Waals surface area (Å²) in [7, 11) is 0. The summed E-state index contributed by atoms with van der Waals surface area (Å²) >= 11 is 1.75. The molecule has 1 saturated heterocycles. The van der Waals surface area contributed by atoms with Crippen LogP contribution in [0.4, 0.5) is 0 Å². The van der Waals surface area contributed by atoms with Gasteiger partial charge in [0.05, 0.1) is 11.3 Å². The zero-order chi connectivity index (χ0) is 12.4. The summed E-state index contributed by atoms with van der Waals surface area (Å²) < 4.78 is 2.29. The van der Waals surface area contributed by atoms with E-state index in [1.807, 2.05) is 19.4 Å². The van der Waals surface area contributed by atoms with Crippen LogP contribution in [-0.4, -0.2) is 27.6 Å². The van der Waals surface area contributed by atoms with Crippen LogP contribution in [0.3, 0.4) is 0 Å². The van der Waals surface area contributed by atoms with E-state index in [1.54, 1.807) is 11.3 Å². The van der Waals surface area contributed by atoms with Crippen LogP contribution in [0, 0.1) is 6.92 Å². The second kappa shape index (κ2) is 5.20. The lowest BCUT2D eigenvalue weighted by molar-refractivity contribution is 0.611. The Morgan fingerprint density at radius 3 is 3.22 bits per heavy atom. The molecule has 0 saturated carbocycles. The van der Waals surface area contributed by atoms with Gasteiger partial charge in [0.15, 0.2) is 0 Å². The van der Waals surface area contributed by atoms with Crippen molar-refractivity contribution in [3.63, 3.8) is 0 Å². The van der Waals surface area contributed by atoms with Crippen molar-refractivity contribution in [3.05, 3.63) is 34.3 Å². The van der Waals surface area contributed by atoms with Crippen molar-refractivity contribution >= 4 is 11.3 Å². The molecule has 1 unspecified atom stereocenters. The third-order valence-corrected chi connectivity index (χ3v) is 4.48. The highest BCUT2D eigenvalue weighted by atomic mass is 32.1. The van der Waals surface area contributed by atoms with Crippen LogP contribution in [0.25, 0.3) is 0 Å². The molecule has 2 aromatic heterocycles. The first-order valence-electron chi connectivity index (χ1n) is 6.44. The van der Waals surface area contributed by atoms with Gasteiger partial charge in [-0.25, -0.2) is 9.97 Å². The number of rotatable bonds is 4. The van der Waals surface area contributed by atoms with Crippen LogP contribution in [0.2, 0.25) is 0 Å². The van der Waals surface area contributed by atoms with E-state index in [0.29, 0.717) is 5.92 Å². The molecule has 96 valence electrons. The van der Waals surface area contributed by atoms with Crippen LogP contribution in [0.1, 0.15) is 28.7 Å². The highest BCUT2D eigenvalue weighted by Crippen LogP contribution is 2.22. The Kier molecular flexibility index (Phi) is 3.43. The Morgan fingerprint density at radius 2 is 2.50 bits per heavy atom. The van der Waals surface area contributed by atoms with Crippen LogP contribution in [0.5, 0.6) is 0 Å². The molecule has 18 heavy (non-hydrogen) atoms. The van der Waals surface area contributed by atoms with Gasteiger partial charge in [-0.1, -0.05) is 0 Å². The van der Waals surface area contributed by atoms with Crippen molar-refractivity contribution in [2.45, 2.75) is 32.2 Å². The van der Waals surface area contributed by atoms with Crippen LogP contribution in [0.15, 0.2) is 17.9 Å². The monoisotopic (exact) mass is 262 g/mol. The van der Waals surface area contributed by atoms with Crippen molar-refractivity contribution in [1.29, 1.82) is 0 Å². The fraction of sp³-hybridized carbons (Fsp3) is 0.538. The first-order valence-corrected chi connectivity index (χ1v) is 7.32. The van der Waals surface area contributed by atoms with Gasteiger partial charge in [-0.15, -0.1) is 11.3 Å². The minimum atomic E-state index is 0.630. The molecule has 5 heteroatoms. The average Bonchev–Trinajstić information content (AvgIpc) is 3.07. The van der Waals surface area contributed by atoms with E-state index in [4.69, 9.17) is 0 Å². The number of thiazole rings is 1. The van der Waals surface area contributed by atoms with Crippen molar-refractivity contribution in [2.24, 2.45) is 0 Å². The van der Waals surface area contributed by atoms with Gasteiger partial charge in [0.2, 0.25) is 0 Å². The number of nitrogens with zero attached hydrogens (tertiary/aromatic N) is 3. The van der Waals surface area contributed by atoms with E-state index in [-0.39, 0.29) is 0 Å². The maximum Gasteiger partial charge on any atom is 0.0948 e. The van der Waals surface area contributed by atoms with E-state index in [9.17, 15) is 0 Å². The smallest absolute Gasteiger partial charge is 0.0948 e. The third-order valence-electron chi connectivity index (χ3n) is 3.46. The van der Waals surface area contributed by atoms with Gasteiger partial charge in [0.25, 0.3) is 0 Å². The fourth-order valence-corrected chi connectivity index (χ4v) is 3.26. The van der Waals surface area contributed by atoms with Crippen molar-refractivity contribution in [3.8, 4) is 0 Å². The van der Waals surface area contributed by atoms with Crippen LogP contribution >= 0.6 is 11.3 Å². The molecule has 0 aromatic carbocycles. The number of aromatic nitrogens is 3. The summed E-state index contributed by atoms with van der Waals surface area (Å²) in [6.45, 7) is 5.25. The second-order valence-corrected chi connectivity index (χ2v) is 5.78. The van der Waals surface area contributed by atoms with Crippen LogP contribution < -0.4 is 5.32 Å². The van der Waals surface area contributed by atoms with Crippen molar-refractivity contribution in [2.75, 3.05) is 13.1 Å². The largest absolute Gasteiger partial charge is 0.334 e. The van der Waals surface area contributed by atoms with E-state index in [1.165, 1.54) is 17.1 Å². The molecule has 0 bridgehead atoms. The first kappa shape index (κ1) is 11.9. The van der Waals surface area contributed by atoms with Gasteiger partial charge in [0.1, 0.15) is 0 Å². The SMILES string of the molecule is Cc1csc(CCn2cncc2C2CCNC2)n1. The third kappa shape index (κ3) is 2.47. The minimum Gasteiger partial charge on any atom is -0.334 e. The molecule has 0 aliphatic carbocycles.